The lowest BCUT2D eigenvalue weighted by molar-refractivity contribution is -0.0501. The van der Waals surface area contributed by atoms with Crippen molar-refractivity contribution in [3.8, 4) is 5.75 Å². The first-order valence-corrected chi connectivity index (χ1v) is 4.26. The van der Waals surface area contributed by atoms with Crippen LogP contribution >= 0.6 is 12.6 Å². The van der Waals surface area contributed by atoms with E-state index in [0.717, 1.165) is 6.07 Å². The highest BCUT2D eigenvalue weighted by Crippen LogP contribution is 2.26. The number of benzene rings is 1. The lowest BCUT2D eigenvalue weighted by Gasteiger charge is -2.09. The number of ether oxygens (including phenoxy) is 1. The number of hydrogen-bond acceptors (Lipinski definition) is 4. The van der Waals surface area contributed by atoms with Crippen LogP contribution in [0, 0.1) is 0 Å². The zero-order valence-electron chi connectivity index (χ0n) is 7.31. The third-order valence-electron chi connectivity index (χ3n) is 1.68. The average Bonchev–Trinajstić information content (AvgIpc) is 2.19. The van der Waals surface area contributed by atoms with Crippen LogP contribution in [0.1, 0.15) is 20.7 Å². The monoisotopic (exact) mass is 232 g/mol. The highest BCUT2D eigenvalue weighted by molar-refractivity contribution is 7.80. The number of hydrogen-bond donors (Lipinski definition) is 1. The molecular weight excluding hydrogens is 226 g/mol. The number of rotatable bonds is 4. The number of thiol groups is 1. The van der Waals surface area contributed by atoms with E-state index in [-0.39, 0.29) is 28.1 Å². The molecule has 1 rings (SSSR count). The van der Waals surface area contributed by atoms with Gasteiger partial charge in [-0.2, -0.15) is 8.78 Å². The number of aldehydes is 2. The van der Waals surface area contributed by atoms with Gasteiger partial charge in [-0.15, -0.1) is 12.6 Å². The smallest absolute Gasteiger partial charge is 0.387 e. The molecule has 0 N–H and O–H groups in total. The van der Waals surface area contributed by atoms with Gasteiger partial charge in [-0.05, 0) is 12.1 Å². The van der Waals surface area contributed by atoms with Gasteiger partial charge in [-0.25, -0.2) is 0 Å². The molecule has 0 spiro atoms. The molecule has 0 aliphatic rings. The third-order valence-corrected chi connectivity index (χ3v) is 2.07. The van der Waals surface area contributed by atoms with E-state index in [1.54, 1.807) is 0 Å². The summed E-state index contributed by atoms with van der Waals surface area (Å²) in [6.07, 6.45) is 0.644. The van der Waals surface area contributed by atoms with Gasteiger partial charge in [0.25, 0.3) is 0 Å². The molecule has 0 aliphatic heterocycles. The van der Waals surface area contributed by atoms with E-state index in [9.17, 15) is 18.4 Å². The van der Waals surface area contributed by atoms with E-state index >= 15 is 0 Å². The Morgan fingerprint density at radius 3 is 2.27 bits per heavy atom. The van der Waals surface area contributed by atoms with Crippen molar-refractivity contribution in [2.75, 3.05) is 0 Å². The largest absolute Gasteiger partial charge is 0.434 e. The van der Waals surface area contributed by atoms with Crippen molar-refractivity contribution in [1.29, 1.82) is 0 Å². The van der Waals surface area contributed by atoms with Crippen molar-refractivity contribution in [2.45, 2.75) is 11.5 Å². The topological polar surface area (TPSA) is 43.4 Å². The molecule has 0 fully saturated rings. The highest BCUT2D eigenvalue weighted by Gasteiger charge is 2.14. The van der Waals surface area contributed by atoms with E-state index in [1.807, 2.05) is 0 Å². The van der Waals surface area contributed by atoms with Gasteiger partial charge in [0.15, 0.2) is 12.6 Å². The molecule has 0 atom stereocenters. The number of carbonyl (C=O) groups excluding carboxylic acids is 2. The summed E-state index contributed by atoms with van der Waals surface area (Å²) < 4.78 is 27.9. The number of halogens is 2. The third kappa shape index (κ3) is 2.53. The zero-order chi connectivity index (χ0) is 11.4. The van der Waals surface area contributed by atoms with Crippen molar-refractivity contribution in [3.05, 3.63) is 23.3 Å². The molecule has 0 unspecified atom stereocenters. The molecule has 0 bridgehead atoms. The summed E-state index contributed by atoms with van der Waals surface area (Å²) in [7, 11) is 0. The second kappa shape index (κ2) is 4.88. The molecule has 3 nitrogen and oxygen atoms in total. The normalized spacial score (nSPS) is 10.1. The second-order valence-corrected chi connectivity index (χ2v) is 3.01. The fourth-order valence-corrected chi connectivity index (χ4v) is 1.30. The van der Waals surface area contributed by atoms with Crippen LogP contribution in [0.5, 0.6) is 5.75 Å². The predicted molar refractivity (Wildman–Crippen MR) is 51.1 cm³/mol. The predicted octanol–water partition coefficient (Wildman–Crippen LogP) is 2.20. The molecule has 0 aliphatic carbocycles. The van der Waals surface area contributed by atoms with E-state index in [0.29, 0.717) is 6.29 Å². The molecule has 0 saturated heterocycles. The van der Waals surface area contributed by atoms with Gasteiger partial charge in [-0.1, -0.05) is 0 Å². The van der Waals surface area contributed by atoms with Crippen molar-refractivity contribution in [3.63, 3.8) is 0 Å². The van der Waals surface area contributed by atoms with E-state index in [2.05, 4.69) is 17.4 Å². The van der Waals surface area contributed by atoms with Crippen molar-refractivity contribution in [1.82, 2.24) is 0 Å². The minimum atomic E-state index is -3.05. The zero-order valence-corrected chi connectivity index (χ0v) is 8.21. The van der Waals surface area contributed by atoms with Gasteiger partial charge in [-0.3, -0.25) is 9.59 Å². The van der Waals surface area contributed by atoms with Crippen molar-refractivity contribution >= 4 is 25.2 Å². The maximum Gasteiger partial charge on any atom is 0.387 e. The Morgan fingerprint density at radius 2 is 1.80 bits per heavy atom. The molecule has 0 saturated carbocycles. The van der Waals surface area contributed by atoms with Crippen LogP contribution in [0.15, 0.2) is 17.0 Å². The summed E-state index contributed by atoms with van der Waals surface area (Å²) in [4.78, 5) is 21.4. The molecule has 0 heterocycles. The van der Waals surface area contributed by atoms with Gasteiger partial charge in [0.05, 0.1) is 5.56 Å². The Hall–Kier alpha value is -1.43. The molecule has 6 heteroatoms. The first-order valence-electron chi connectivity index (χ1n) is 3.81. The summed E-state index contributed by atoms with van der Waals surface area (Å²) in [5, 5.41) is 0. The summed E-state index contributed by atoms with van der Waals surface area (Å²) in [6, 6.07) is 2.46. The van der Waals surface area contributed by atoms with Crippen molar-refractivity contribution < 1.29 is 23.1 Å². The Morgan fingerprint density at radius 1 is 1.20 bits per heavy atom. The first-order chi connectivity index (χ1) is 7.10. The summed E-state index contributed by atoms with van der Waals surface area (Å²) in [5.41, 5.74) is -0.288. The number of alkyl halides is 2. The van der Waals surface area contributed by atoms with Crippen molar-refractivity contribution in [2.24, 2.45) is 0 Å². The van der Waals surface area contributed by atoms with Gasteiger partial charge >= 0.3 is 6.61 Å². The van der Waals surface area contributed by atoms with Crippen LogP contribution in [-0.4, -0.2) is 19.2 Å². The van der Waals surface area contributed by atoms with Crippen LogP contribution in [0.2, 0.25) is 0 Å². The Bertz CT molecular complexity index is 393. The van der Waals surface area contributed by atoms with Gasteiger partial charge < -0.3 is 4.74 Å². The standard InChI is InChI=1S/C9H6F2O3S/c10-9(11)14-7-1-2-8(15)6(4-13)5(7)3-12/h1-4,9,15H. The average molecular weight is 232 g/mol. The van der Waals surface area contributed by atoms with Gasteiger partial charge in [0, 0.05) is 10.5 Å². The Kier molecular flexibility index (Phi) is 3.79. The van der Waals surface area contributed by atoms with Crippen LogP contribution < -0.4 is 4.74 Å². The maximum atomic E-state index is 11.9. The minimum Gasteiger partial charge on any atom is -0.434 e. The van der Waals surface area contributed by atoms with Crippen LogP contribution in [-0.2, 0) is 0 Å². The first kappa shape index (κ1) is 11.6. The summed E-state index contributed by atoms with van der Waals surface area (Å²) in [5.74, 6) is -0.333. The van der Waals surface area contributed by atoms with Crippen LogP contribution in [0.4, 0.5) is 8.78 Å². The molecule has 0 aromatic heterocycles. The van der Waals surface area contributed by atoms with Crippen LogP contribution in [0.25, 0.3) is 0 Å². The highest BCUT2D eigenvalue weighted by atomic mass is 32.1. The lowest BCUT2D eigenvalue weighted by Crippen LogP contribution is -2.06. The molecule has 15 heavy (non-hydrogen) atoms. The molecule has 1 aromatic carbocycles. The van der Waals surface area contributed by atoms with E-state index < -0.39 is 6.61 Å². The minimum absolute atomic E-state index is 0.0634. The Labute approximate surface area is 89.4 Å². The van der Waals surface area contributed by atoms with Gasteiger partial charge in [0.2, 0.25) is 0 Å². The molecule has 1 aromatic rings. The molecule has 80 valence electrons. The lowest BCUT2D eigenvalue weighted by atomic mass is 10.1. The molecular formula is C9H6F2O3S. The van der Waals surface area contributed by atoms with E-state index in [1.165, 1.54) is 6.07 Å². The molecule has 0 radical (unpaired) electrons. The SMILES string of the molecule is O=Cc1c(S)ccc(OC(F)F)c1C=O. The fourth-order valence-electron chi connectivity index (χ4n) is 1.05. The summed E-state index contributed by atoms with van der Waals surface area (Å²) in [6.45, 7) is -3.05. The maximum absolute atomic E-state index is 11.9. The second-order valence-electron chi connectivity index (χ2n) is 2.52. The van der Waals surface area contributed by atoms with Gasteiger partial charge in [0.1, 0.15) is 5.75 Å². The van der Waals surface area contributed by atoms with Crippen LogP contribution in [0.3, 0.4) is 0 Å². The fraction of sp³-hybridized carbons (Fsp3) is 0.111. The summed E-state index contributed by atoms with van der Waals surface area (Å²) >= 11 is 3.91. The van der Waals surface area contributed by atoms with E-state index in [4.69, 9.17) is 0 Å². The Balaban J connectivity index is 3.28. The molecule has 0 amide bonds. The number of carbonyl (C=O) groups is 2. The quantitative estimate of drug-likeness (QED) is 0.639.